The molecule has 0 saturated carbocycles. The first kappa shape index (κ1) is 16.4. The third-order valence-electron chi connectivity index (χ3n) is 2.13. The van der Waals surface area contributed by atoms with Crippen LogP contribution in [0.25, 0.3) is 0 Å². The normalized spacial score (nSPS) is 11.7. The number of nitriles is 1. The van der Waals surface area contributed by atoms with E-state index in [9.17, 15) is 9.59 Å². The molecule has 0 saturated heterocycles. The van der Waals surface area contributed by atoms with Crippen molar-refractivity contribution in [1.82, 2.24) is 0 Å². The standard InChI is InChI=1S/C12H19NO5/c1-4-16-9(7-8-13)10(11(14)17-5-2)12(15)18-6-3/h9-10H,4-7H2,1-3H3. The SMILES string of the molecule is CCOC(=O)C(C(=O)OCC)C(CC#N)OCC. The number of carbonyl (C=O) groups is 2. The third-order valence-corrected chi connectivity index (χ3v) is 2.13. The van der Waals surface area contributed by atoms with Crippen LogP contribution in [0.2, 0.25) is 0 Å². The molecule has 18 heavy (non-hydrogen) atoms. The Morgan fingerprint density at radius 1 is 1.06 bits per heavy atom. The number of hydrogen-bond donors (Lipinski definition) is 0. The molecule has 0 aromatic rings. The summed E-state index contributed by atoms with van der Waals surface area (Å²) in [5, 5.41) is 8.70. The number of carbonyl (C=O) groups excluding carboxylic acids is 2. The van der Waals surface area contributed by atoms with Crippen LogP contribution in [-0.2, 0) is 23.8 Å². The molecule has 0 N–H and O–H groups in total. The molecule has 1 unspecified atom stereocenters. The molecule has 0 aromatic heterocycles. The van der Waals surface area contributed by atoms with E-state index in [0.29, 0.717) is 6.61 Å². The maximum absolute atomic E-state index is 11.7. The third kappa shape index (κ3) is 5.15. The lowest BCUT2D eigenvalue weighted by Crippen LogP contribution is -2.39. The molecule has 6 nitrogen and oxygen atoms in total. The lowest BCUT2D eigenvalue weighted by Gasteiger charge is -2.21. The maximum atomic E-state index is 11.7. The molecule has 0 spiro atoms. The van der Waals surface area contributed by atoms with Gasteiger partial charge >= 0.3 is 11.9 Å². The quantitative estimate of drug-likeness (QED) is 0.477. The lowest BCUT2D eigenvalue weighted by molar-refractivity contribution is -0.168. The van der Waals surface area contributed by atoms with Gasteiger partial charge in [0.25, 0.3) is 0 Å². The van der Waals surface area contributed by atoms with Gasteiger partial charge in [0.05, 0.1) is 31.8 Å². The van der Waals surface area contributed by atoms with Gasteiger partial charge in [-0.1, -0.05) is 0 Å². The number of nitrogens with zero attached hydrogens (tertiary/aromatic N) is 1. The first-order valence-electron chi connectivity index (χ1n) is 5.94. The van der Waals surface area contributed by atoms with E-state index in [1.54, 1.807) is 20.8 Å². The Bertz CT molecular complexity index is 292. The van der Waals surface area contributed by atoms with Crippen molar-refractivity contribution < 1.29 is 23.8 Å². The van der Waals surface area contributed by atoms with Crippen LogP contribution >= 0.6 is 0 Å². The molecule has 0 heterocycles. The van der Waals surface area contributed by atoms with Crippen molar-refractivity contribution in [3.63, 3.8) is 0 Å². The lowest BCUT2D eigenvalue weighted by atomic mass is 10.00. The van der Waals surface area contributed by atoms with Crippen molar-refractivity contribution in [3.05, 3.63) is 0 Å². The zero-order valence-electron chi connectivity index (χ0n) is 11.0. The smallest absolute Gasteiger partial charge is 0.323 e. The minimum atomic E-state index is -1.20. The van der Waals surface area contributed by atoms with E-state index in [1.807, 2.05) is 6.07 Å². The van der Waals surface area contributed by atoms with Crippen LogP contribution in [-0.4, -0.2) is 37.9 Å². The van der Waals surface area contributed by atoms with Crippen molar-refractivity contribution in [2.24, 2.45) is 5.92 Å². The highest BCUT2D eigenvalue weighted by Crippen LogP contribution is 2.16. The highest BCUT2D eigenvalue weighted by Gasteiger charge is 2.38. The highest BCUT2D eigenvalue weighted by molar-refractivity contribution is 5.95. The topological polar surface area (TPSA) is 85.6 Å². The van der Waals surface area contributed by atoms with E-state index in [0.717, 1.165) is 0 Å². The summed E-state index contributed by atoms with van der Waals surface area (Å²) in [7, 11) is 0. The maximum Gasteiger partial charge on any atom is 0.323 e. The summed E-state index contributed by atoms with van der Waals surface area (Å²) in [6.45, 7) is 5.60. The Hall–Kier alpha value is -1.61. The Morgan fingerprint density at radius 3 is 1.89 bits per heavy atom. The fraction of sp³-hybridized carbons (Fsp3) is 0.750. The molecular formula is C12H19NO5. The second-order valence-corrected chi connectivity index (χ2v) is 3.34. The van der Waals surface area contributed by atoms with Gasteiger partial charge in [-0.2, -0.15) is 5.26 Å². The second-order valence-electron chi connectivity index (χ2n) is 3.34. The minimum Gasteiger partial charge on any atom is -0.465 e. The Labute approximate surface area is 107 Å². The monoisotopic (exact) mass is 257 g/mol. The van der Waals surface area contributed by atoms with E-state index in [4.69, 9.17) is 19.5 Å². The van der Waals surface area contributed by atoms with Gasteiger partial charge in [0.1, 0.15) is 0 Å². The van der Waals surface area contributed by atoms with Crippen LogP contribution in [0.4, 0.5) is 0 Å². The van der Waals surface area contributed by atoms with Gasteiger partial charge in [-0.3, -0.25) is 9.59 Å². The molecule has 1 atom stereocenters. The molecule has 102 valence electrons. The van der Waals surface area contributed by atoms with Gasteiger partial charge in [0.15, 0.2) is 5.92 Å². The second kappa shape index (κ2) is 9.42. The molecule has 0 rings (SSSR count). The molecular weight excluding hydrogens is 238 g/mol. The number of hydrogen-bond acceptors (Lipinski definition) is 6. The molecule has 0 aromatic carbocycles. The molecule has 0 fully saturated rings. The Balaban J connectivity index is 4.96. The van der Waals surface area contributed by atoms with E-state index in [-0.39, 0.29) is 19.6 Å². The first-order valence-corrected chi connectivity index (χ1v) is 5.94. The fourth-order valence-electron chi connectivity index (χ4n) is 1.44. The van der Waals surface area contributed by atoms with E-state index < -0.39 is 24.0 Å². The van der Waals surface area contributed by atoms with Crippen LogP contribution in [0.3, 0.4) is 0 Å². The summed E-state index contributed by atoms with van der Waals surface area (Å²) in [5.74, 6) is -2.64. The summed E-state index contributed by atoms with van der Waals surface area (Å²) < 4.78 is 14.9. The predicted octanol–water partition coefficient (Wildman–Crippen LogP) is 1.05. The van der Waals surface area contributed by atoms with E-state index in [1.165, 1.54) is 0 Å². The molecule has 0 amide bonds. The largest absolute Gasteiger partial charge is 0.465 e. The van der Waals surface area contributed by atoms with Crippen LogP contribution in [0.15, 0.2) is 0 Å². The molecule has 0 aliphatic rings. The van der Waals surface area contributed by atoms with Crippen molar-refractivity contribution >= 4 is 11.9 Å². The van der Waals surface area contributed by atoms with E-state index in [2.05, 4.69) is 0 Å². The summed E-state index contributed by atoms with van der Waals surface area (Å²) in [5.41, 5.74) is 0. The molecule has 0 bridgehead atoms. The summed E-state index contributed by atoms with van der Waals surface area (Å²) in [6, 6.07) is 1.89. The molecule has 0 aliphatic heterocycles. The average molecular weight is 257 g/mol. The van der Waals surface area contributed by atoms with E-state index >= 15 is 0 Å². The van der Waals surface area contributed by atoms with Crippen molar-refractivity contribution in [2.75, 3.05) is 19.8 Å². The average Bonchev–Trinajstić information content (AvgIpc) is 2.30. The van der Waals surface area contributed by atoms with Gasteiger partial charge in [-0.05, 0) is 20.8 Å². The van der Waals surface area contributed by atoms with Crippen molar-refractivity contribution in [2.45, 2.75) is 33.3 Å². The first-order chi connectivity index (χ1) is 8.62. The fourth-order valence-corrected chi connectivity index (χ4v) is 1.44. The summed E-state index contributed by atoms with van der Waals surface area (Å²) >= 11 is 0. The van der Waals surface area contributed by atoms with Gasteiger partial charge in [0, 0.05) is 6.61 Å². The van der Waals surface area contributed by atoms with Crippen LogP contribution in [0.1, 0.15) is 27.2 Å². The molecule has 6 heteroatoms. The van der Waals surface area contributed by atoms with Crippen LogP contribution in [0, 0.1) is 17.2 Å². The Morgan fingerprint density at radius 2 is 1.56 bits per heavy atom. The number of rotatable bonds is 8. The number of ether oxygens (including phenoxy) is 3. The zero-order valence-corrected chi connectivity index (χ0v) is 11.0. The Kier molecular flexibility index (Phi) is 8.58. The van der Waals surface area contributed by atoms with Gasteiger partial charge in [-0.15, -0.1) is 0 Å². The van der Waals surface area contributed by atoms with Gasteiger partial charge in [0.2, 0.25) is 0 Å². The summed E-state index contributed by atoms with van der Waals surface area (Å²) in [4.78, 5) is 23.5. The van der Waals surface area contributed by atoms with Crippen LogP contribution in [0.5, 0.6) is 0 Å². The predicted molar refractivity (Wildman–Crippen MR) is 62.4 cm³/mol. The molecule has 0 aliphatic carbocycles. The minimum absolute atomic E-state index is 0.0733. The zero-order chi connectivity index (χ0) is 14.0. The summed E-state index contributed by atoms with van der Waals surface area (Å²) in [6.07, 6.45) is -0.908. The molecule has 0 radical (unpaired) electrons. The van der Waals surface area contributed by atoms with Crippen molar-refractivity contribution in [1.29, 1.82) is 5.26 Å². The van der Waals surface area contributed by atoms with Crippen molar-refractivity contribution in [3.8, 4) is 6.07 Å². The number of esters is 2. The van der Waals surface area contributed by atoms with Gasteiger partial charge in [-0.25, -0.2) is 0 Å². The highest BCUT2D eigenvalue weighted by atomic mass is 16.6. The van der Waals surface area contributed by atoms with Gasteiger partial charge < -0.3 is 14.2 Å². The van der Waals surface area contributed by atoms with Crippen LogP contribution < -0.4 is 0 Å².